The van der Waals surface area contributed by atoms with E-state index >= 15 is 0 Å². The summed E-state index contributed by atoms with van der Waals surface area (Å²) in [5, 5.41) is 1.29. The minimum Gasteiger partial charge on any atom is -0.456 e. The third-order valence-corrected chi connectivity index (χ3v) is 4.83. The maximum atomic E-state index is 12.0. The molecule has 0 radical (unpaired) electrons. The van der Waals surface area contributed by atoms with E-state index in [4.69, 9.17) is 9.47 Å². The lowest BCUT2D eigenvalue weighted by molar-refractivity contribution is -0.151. The molecule has 136 valence electrons. The molecule has 8 heteroatoms. The van der Waals surface area contributed by atoms with Gasteiger partial charge in [0, 0.05) is 0 Å². The van der Waals surface area contributed by atoms with Gasteiger partial charge in [0.05, 0.1) is 27.7 Å². The van der Waals surface area contributed by atoms with E-state index in [1.54, 1.807) is 24.3 Å². The predicted molar refractivity (Wildman–Crippen MR) is 101 cm³/mol. The summed E-state index contributed by atoms with van der Waals surface area (Å²) in [5.41, 5.74) is 1.20. The van der Waals surface area contributed by atoms with Crippen molar-refractivity contribution in [1.29, 1.82) is 0 Å². The monoisotopic (exact) mass is 381 g/mol. The molecule has 0 amide bonds. The number of ether oxygens (including phenoxy) is 2. The number of hydrogen-bond donors (Lipinski definition) is 1. The van der Waals surface area contributed by atoms with Crippen LogP contribution in [0, 0.1) is 0 Å². The van der Waals surface area contributed by atoms with Crippen molar-refractivity contribution in [2.24, 2.45) is 0 Å². The van der Waals surface area contributed by atoms with Gasteiger partial charge in [0.25, 0.3) is 5.56 Å². The smallest absolute Gasteiger partial charge is 0.332 e. The molecule has 2 aromatic carbocycles. The van der Waals surface area contributed by atoms with Gasteiger partial charge in [-0.15, -0.1) is 11.3 Å². The minimum atomic E-state index is -0.535. The average molecular weight is 381 g/mol. The van der Waals surface area contributed by atoms with E-state index in [1.807, 2.05) is 24.3 Å². The Morgan fingerprint density at radius 1 is 1.00 bits per heavy atom. The van der Waals surface area contributed by atoms with Crippen molar-refractivity contribution in [2.75, 3.05) is 6.61 Å². The molecule has 0 saturated carbocycles. The number of nitrogens with zero attached hydrogens (tertiary/aromatic N) is 2. The first-order chi connectivity index (χ1) is 13.2. The van der Waals surface area contributed by atoms with Crippen molar-refractivity contribution in [2.45, 2.75) is 13.2 Å². The third kappa shape index (κ3) is 4.02. The number of fused-ring (bicyclic) bond motifs is 2. The molecule has 0 aliphatic rings. The van der Waals surface area contributed by atoms with E-state index in [-0.39, 0.29) is 25.4 Å². The van der Waals surface area contributed by atoms with Gasteiger partial charge in [0.15, 0.2) is 0 Å². The number of rotatable bonds is 6. The van der Waals surface area contributed by atoms with Crippen LogP contribution in [-0.2, 0) is 27.5 Å². The standard InChI is InChI=1S/C19H15N3O4S/c23-18(11-25-10-17-21-14-7-3-4-8-15(14)27-17)26-9-16-20-13-6-2-1-5-12(13)19(24)22-16/h1-8H,9-11H2,(H,20,22,24). The van der Waals surface area contributed by atoms with Gasteiger partial charge in [0.2, 0.25) is 0 Å². The van der Waals surface area contributed by atoms with Gasteiger partial charge in [-0.25, -0.2) is 14.8 Å². The highest BCUT2D eigenvalue weighted by Gasteiger charge is 2.09. The Labute approximate surface area is 157 Å². The number of para-hydroxylation sites is 2. The number of H-pyrrole nitrogens is 1. The van der Waals surface area contributed by atoms with E-state index in [9.17, 15) is 9.59 Å². The topological polar surface area (TPSA) is 94.2 Å². The van der Waals surface area contributed by atoms with Crippen LogP contribution in [0.1, 0.15) is 10.8 Å². The molecule has 2 aromatic heterocycles. The first-order valence-electron chi connectivity index (χ1n) is 8.25. The molecule has 0 unspecified atom stereocenters. The zero-order valence-corrected chi connectivity index (χ0v) is 15.0. The van der Waals surface area contributed by atoms with Gasteiger partial charge < -0.3 is 14.5 Å². The van der Waals surface area contributed by atoms with Gasteiger partial charge in [-0.2, -0.15) is 0 Å². The molecule has 1 N–H and O–H groups in total. The molecular weight excluding hydrogens is 366 g/mol. The van der Waals surface area contributed by atoms with Gasteiger partial charge in [-0.3, -0.25) is 4.79 Å². The Morgan fingerprint density at radius 3 is 2.63 bits per heavy atom. The molecule has 4 rings (SSSR count). The second-order valence-electron chi connectivity index (χ2n) is 5.76. The molecule has 0 saturated heterocycles. The van der Waals surface area contributed by atoms with E-state index in [1.165, 1.54) is 11.3 Å². The maximum Gasteiger partial charge on any atom is 0.332 e. The first kappa shape index (κ1) is 17.3. The lowest BCUT2D eigenvalue weighted by atomic mass is 10.2. The highest BCUT2D eigenvalue weighted by Crippen LogP contribution is 2.21. The quantitative estimate of drug-likeness (QED) is 0.516. The summed E-state index contributed by atoms with van der Waals surface area (Å²) in [6.07, 6.45) is 0. The fourth-order valence-corrected chi connectivity index (χ4v) is 3.50. The Hall–Kier alpha value is -3.10. The van der Waals surface area contributed by atoms with Crippen molar-refractivity contribution in [3.8, 4) is 0 Å². The maximum absolute atomic E-state index is 12.0. The fraction of sp³-hybridized carbons (Fsp3) is 0.158. The second kappa shape index (κ2) is 7.65. The van der Waals surface area contributed by atoms with Crippen molar-refractivity contribution in [1.82, 2.24) is 15.0 Å². The number of thiazole rings is 1. The summed E-state index contributed by atoms with van der Waals surface area (Å²) < 4.78 is 11.6. The number of carbonyl (C=O) groups excluding carboxylic acids is 1. The number of benzene rings is 2. The summed E-state index contributed by atoms with van der Waals surface area (Å²) in [6.45, 7) is -0.0867. The van der Waals surface area contributed by atoms with Gasteiger partial charge in [-0.05, 0) is 24.3 Å². The zero-order valence-electron chi connectivity index (χ0n) is 14.2. The first-order valence-corrected chi connectivity index (χ1v) is 9.06. The highest BCUT2D eigenvalue weighted by atomic mass is 32.1. The Kier molecular flexibility index (Phi) is 4.91. The zero-order chi connectivity index (χ0) is 18.6. The Morgan fingerprint density at radius 2 is 1.78 bits per heavy atom. The molecule has 2 heterocycles. The normalized spacial score (nSPS) is 11.1. The van der Waals surface area contributed by atoms with Crippen LogP contribution in [0.4, 0.5) is 0 Å². The molecule has 7 nitrogen and oxygen atoms in total. The summed E-state index contributed by atoms with van der Waals surface area (Å²) in [5.74, 6) is -0.245. The fourth-order valence-electron chi connectivity index (χ4n) is 2.60. The van der Waals surface area contributed by atoms with Crippen LogP contribution in [-0.4, -0.2) is 27.5 Å². The number of nitrogens with one attached hydrogen (secondary N) is 1. The second-order valence-corrected chi connectivity index (χ2v) is 6.87. The number of aromatic amines is 1. The van der Waals surface area contributed by atoms with E-state index in [0.717, 1.165) is 15.2 Å². The highest BCUT2D eigenvalue weighted by molar-refractivity contribution is 7.18. The van der Waals surface area contributed by atoms with Crippen LogP contribution in [0.2, 0.25) is 0 Å². The van der Waals surface area contributed by atoms with Crippen LogP contribution in [0.5, 0.6) is 0 Å². The molecule has 0 aliphatic carbocycles. The molecule has 4 aromatic rings. The molecule has 0 atom stereocenters. The van der Waals surface area contributed by atoms with Crippen LogP contribution < -0.4 is 5.56 Å². The SMILES string of the molecule is O=C(COCc1nc2ccccc2s1)OCc1nc2ccccc2c(=O)[nH]1. The van der Waals surface area contributed by atoms with Crippen LogP contribution in [0.15, 0.2) is 53.3 Å². The van der Waals surface area contributed by atoms with E-state index < -0.39 is 5.97 Å². The summed E-state index contributed by atoms with van der Waals surface area (Å²) in [7, 11) is 0. The molecule has 27 heavy (non-hydrogen) atoms. The summed E-state index contributed by atoms with van der Waals surface area (Å²) in [6, 6.07) is 14.8. The molecule has 0 aliphatic heterocycles. The minimum absolute atomic E-state index is 0.122. The number of carbonyl (C=O) groups is 1. The van der Waals surface area contributed by atoms with Crippen LogP contribution in [0.25, 0.3) is 21.1 Å². The average Bonchev–Trinajstić information content (AvgIpc) is 3.09. The largest absolute Gasteiger partial charge is 0.456 e. The Bertz CT molecular complexity index is 1140. The van der Waals surface area contributed by atoms with Gasteiger partial charge in [0.1, 0.15) is 24.0 Å². The van der Waals surface area contributed by atoms with Crippen LogP contribution >= 0.6 is 11.3 Å². The number of hydrogen-bond acceptors (Lipinski definition) is 7. The van der Waals surface area contributed by atoms with Crippen molar-refractivity contribution >= 4 is 38.4 Å². The number of esters is 1. The molecule has 0 fully saturated rings. The van der Waals surface area contributed by atoms with Crippen molar-refractivity contribution < 1.29 is 14.3 Å². The lowest BCUT2D eigenvalue weighted by Crippen LogP contribution is -2.16. The summed E-state index contributed by atoms with van der Waals surface area (Å²) >= 11 is 1.52. The molecule has 0 spiro atoms. The molecule has 0 bridgehead atoms. The van der Waals surface area contributed by atoms with Crippen molar-refractivity contribution in [3.05, 3.63) is 69.7 Å². The summed E-state index contributed by atoms with van der Waals surface area (Å²) in [4.78, 5) is 35.1. The number of aromatic nitrogens is 3. The van der Waals surface area contributed by atoms with Crippen LogP contribution in [0.3, 0.4) is 0 Å². The van der Waals surface area contributed by atoms with E-state index in [0.29, 0.717) is 16.7 Å². The van der Waals surface area contributed by atoms with E-state index in [2.05, 4.69) is 15.0 Å². The Balaban J connectivity index is 1.30. The van der Waals surface area contributed by atoms with Gasteiger partial charge in [-0.1, -0.05) is 24.3 Å². The third-order valence-electron chi connectivity index (χ3n) is 3.82. The van der Waals surface area contributed by atoms with Gasteiger partial charge >= 0.3 is 5.97 Å². The predicted octanol–water partition coefficient (Wildman–Crippen LogP) is 2.79. The van der Waals surface area contributed by atoms with Crippen molar-refractivity contribution in [3.63, 3.8) is 0 Å². The molecular formula is C19H15N3O4S. The lowest BCUT2D eigenvalue weighted by Gasteiger charge is -2.05.